The molecule has 0 fully saturated rings. The van der Waals surface area contributed by atoms with Crippen molar-refractivity contribution in [2.75, 3.05) is 0 Å². The van der Waals surface area contributed by atoms with Crippen molar-refractivity contribution in [1.29, 1.82) is 0 Å². The molecule has 2 rings (SSSR count). The lowest BCUT2D eigenvalue weighted by molar-refractivity contribution is 0.104. The molecule has 0 aliphatic rings. The lowest BCUT2D eigenvalue weighted by atomic mass is 10.1. The van der Waals surface area contributed by atoms with Crippen LogP contribution in [0.3, 0.4) is 0 Å². The summed E-state index contributed by atoms with van der Waals surface area (Å²) in [5.74, 6) is -1.62. The van der Waals surface area contributed by atoms with Crippen molar-refractivity contribution in [3.8, 4) is 11.5 Å². The minimum absolute atomic E-state index is 0.201. The largest absolute Gasteiger partial charge is 0.504 e. The third-order valence-electron chi connectivity index (χ3n) is 2.52. The summed E-state index contributed by atoms with van der Waals surface area (Å²) in [6, 6.07) is 5.66. The first-order chi connectivity index (χ1) is 8.50. The van der Waals surface area contributed by atoms with Crippen molar-refractivity contribution >= 4 is 17.1 Å². The molecule has 0 aliphatic heterocycles. The lowest BCUT2D eigenvalue weighted by Gasteiger charge is -1.99. The van der Waals surface area contributed by atoms with Crippen LogP contribution in [-0.2, 0) is 0 Å². The van der Waals surface area contributed by atoms with Crippen molar-refractivity contribution in [3.05, 3.63) is 55.9 Å². The molecular formula is C13H10O4S. The lowest BCUT2D eigenvalue weighted by Crippen LogP contribution is -2.01. The van der Waals surface area contributed by atoms with Gasteiger partial charge in [0.15, 0.2) is 5.75 Å². The Hall–Kier alpha value is -2.14. The van der Waals surface area contributed by atoms with Crippen molar-refractivity contribution < 1.29 is 15.0 Å². The molecule has 5 heteroatoms. The number of hydrogen-bond acceptors (Lipinski definition) is 5. The predicted octanol–water partition coefficient (Wildman–Crippen LogP) is 2.06. The Morgan fingerprint density at radius 3 is 2.61 bits per heavy atom. The number of aromatic hydroxyl groups is 2. The number of carbonyl (C=O) groups is 1. The fourth-order valence-electron chi connectivity index (χ4n) is 1.57. The second-order valence-electron chi connectivity index (χ2n) is 3.79. The smallest absolute Gasteiger partial charge is 0.224 e. The maximum Gasteiger partial charge on any atom is 0.224 e. The van der Waals surface area contributed by atoms with E-state index in [-0.39, 0.29) is 11.3 Å². The van der Waals surface area contributed by atoms with E-state index in [9.17, 15) is 19.8 Å². The highest BCUT2D eigenvalue weighted by Gasteiger charge is 2.15. The average molecular weight is 262 g/mol. The van der Waals surface area contributed by atoms with Crippen LogP contribution in [0.4, 0.5) is 0 Å². The van der Waals surface area contributed by atoms with Crippen LogP contribution in [0.2, 0.25) is 0 Å². The zero-order valence-corrected chi connectivity index (χ0v) is 10.3. The molecule has 0 bridgehead atoms. The second kappa shape index (κ2) is 4.62. The molecule has 2 N–H and O–H groups in total. The van der Waals surface area contributed by atoms with E-state index >= 15 is 0 Å². The van der Waals surface area contributed by atoms with E-state index in [4.69, 9.17) is 0 Å². The first-order valence-corrected chi connectivity index (χ1v) is 6.03. The highest BCUT2D eigenvalue weighted by molar-refractivity contribution is 7.12. The summed E-state index contributed by atoms with van der Waals surface area (Å²) in [5.41, 5.74) is -0.100. The Kier molecular flexibility index (Phi) is 3.16. The molecule has 0 saturated carbocycles. The van der Waals surface area contributed by atoms with Crippen LogP contribution < -0.4 is 5.43 Å². The summed E-state index contributed by atoms with van der Waals surface area (Å²) >= 11 is 1.27. The van der Waals surface area contributed by atoms with Crippen LogP contribution in [0.15, 0.2) is 34.4 Å². The molecule has 1 heterocycles. The van der Waals surface area contributed by atoms with Crippen molar-refractivity contribution in [1.82, 2.24) is 0 Å². The Bertz CT molecular complexity index is 659. The van der Waals surface area contributed by atoms with Gasteiger partial charge >= 0.3 is 0 Å². The summed E-state index contributed by atoms with van der Waals surface area (Å²) in [6.07, 6.45) is 0. The molecule has 18 heavy (non-hydrogen) atoms. The quantitative estimate of drug-likeness (QED) is 0.812. The molecule has 0 saturated heterocycles. The van der Waals surface area contributed by atoms with Gasteiger partial charge in [0.2, 0.25) is 17.0 Å². The normalized spacial score (nSPS) is 10.3. The Morgan fingerprint density at radius 2 is 2.00 bits per heavy atom. The van der Waals surface area contributed by atoms with Gasteiger partial charge in [-0.1, -0.05) is 6.07 Å². The van der Waals surface area contributed by atoms with E-state index in [0.717, 1.165) is 12.1 Å². The third kappa shape index (κ3) is 2.12. The first-order valence-electron chi connectivity index (χ1n) is 5.16. The number of ketones is 1. The summed E-state index contributed by atoms with van der Waals surface area (Å²) in [6.45, 7) is 1.58. The van der Waals surface area contributed by atoms with E-state index in [1.54, 1.807) is 24.4 Å². The van der Waals surface area contributed by atoms with Gasteiger partial charge in [0.25, 0.3) is 0 Å². The van der Waals surface area contributed by atoms with Gasteiger partial charge in [0.1, 0.15) is 0 Å². The number of thiophene rings is 1. The van der Waals surface area contributed by atoms with Crippen LogP contribution in [0, 0.1) is 6.92 Å². The monoisotopic (exact) mass is 262 g/mol. The predicted molar refractivity (Wildman–Crippen MR) is 68.5 cm³/mol. The molecule has 0 amide bonds. The van der Waals surface area contributed by atoms with E-state index in [2.05, 4.69) is 0 Å². The topological polar surface area (TPSA) is 74.6 Å². The summed E-state index contributed by atoms with van der Waals surface area (Å²) in [5, 5.41) is 20.6. The van der Waals surface area contributed by atoms with Gasteiger partial charge in [-0.05, 0) is 36.1 Å². The Labute approximate surface area is 107 Å². The van der Waals surface area contributed by atoms with E-state index in [1.165, 1.54) is 11.3 Å². The van der Waals surface area contributed by atoms with Gasteiger partial charge < -0.3 is 10.2 Å². The molecule has 4 nitrogen and oxygen atoms in total. The Morgan fingerprint density at radius 1 is 1.28 bits per heavy atom. The Balaban J connectivity index is 2.67. The molecule has 0 aliphatic carbocycles. The second-order valence-corrected chi connectivity index (χ2v) is 4.74. The minimum Gasteiger partial charge on any atom is -0.504 e. The molecule has 1 aromatic carbocycles. The summed E-state index contributed by atoms with van der Waals surface area (Å²) in [4.78, 5) is 24.1. The van der Waals surface area contributed by atoms with Gasteiger partial charge in [-0.3, -0.25) is 9.59 Å². The van der Waals surface area contributed by atoms with E-state index < -0.39 is 16.9 Å². The number of hydrogen-bond donors (Lipinski definition) is 2. The molecule has 2 aromatic rings. The van der Waals surface area contributed by atoms with Crippen LogP contribution in [0.25, 0.3) is 0 Å². The molecule has 0 radical (unpaired) electrons. The van der Waals surface area contributed by atoms with Gasteiger partial charge in [-0.2, -0.15) is 0 Å². The number of aryl methyl sites for hydroxylation is 1. The highest BCUT2D eigenvalue weighted by Crippen LogP contribution is 2.24. The average Bonchev–Trinajstić information content (AvgIpc) is 2.84. The molecule has 92 valence electrons. The van der Waals surface area contributed by atoms with Gasteiger partial charge in [-0.25, -0.2) is 0 Å². The first kappa shape index (κ1) is 12.3. The van der Waals surface area contributed by atoms with Crippen LogP contribution in [0.1, 0.15) is 20.8 Å². The van der Waals surface area contributed by atoms with Crippen LogP contribution >= 0.6 is 11.3 Å². The van der Waals surface area contributed by atoms with Gasteiger partial charge in [0.05, 0.1) is 4.88 Å². The zero-order chi connectivity index (χ0) is 13.3. The standard InChI is InChI=1S/C13H10O4S/c1-7-5-9(14)13(17)10(15)6-8(7)12(16)11-3-2-4-18-11/h2-6H,1H3,(H2,14,15,17). The van der Waals surface area contributed by atoms with Crippen LogP contribution in [0.5, 0.6) is 11.5 Å². The van der Waals surface area contributed by atoms with Gasteiger partial charge in [0, 0.05) is 5.56 Å². The maximum atomic E-state index is 12.2. The molecule has 0 atom stereocenters. The molecule has 1 aromatic heterocycles. The van der Waals surface area contributed by atoms with Crippen LogP contribution in [-0.4, -0.2) is 16.0 Å². The van der Waals surface area contributed by atoms with Crippen molar-refractivity contribution in [2.24, 2.45) is 0 Å². The van der Waals surface area contributed by atoms with Crippen molar-refractivity contribution in [2.45, 2.75) is 6.92 Å². The SMILES string of the molecule is Cc1cc(=O)c(O)c(O)cc1C(=O)c1cccs1. The molecule has 0 spiro atoms. The number of rotatable bonds is 2. The van der Waals surface area contributed by atoms with Crippen molar-refractivity contribution in [3.63, 3.8) is 0 Å². The fourth-order valence-corrected chi connectivity index (χ4v) is 2.25. The summed E-state index contributed by atoms with van der Waals surface area (Å²) < 4.78 is 0. The fraction of sp³-hybridized carbons (Fsp3) is 0.0769. The van der Waals surface area contributed by atoms with E-state index in [1.807, 2.05) is 0 Å². The minimum atomic E-state index is -0.747. The molecule has 0 unspecified atom stereocenters. The number of carbonyl (C=O) groups excluding carboxylic acids is 1. The molecular weight excluding hydrogens is 252 g/mol. The third-order valence-corrected chi connectivity index (χ3v) is 3.39. The maximum absolute atomic E-state index is 12.2. The van der Waals surface area contributed by atoms with Gasteiger partial charge in [-0.15, -0.1) is 11.3 Å². The zero-order valence-electron chi connectivity index (χ0n) is 9.51. The summed E-state index contributed by atoms with van der Waals surface area (Å²) in [7, 11) is 0. The highest BCUT2D eigenvalue weighted by atomic mass is 32.1. The van der Waals surface area contributed by atoms with E-state index in [0.29, 0.717) is 10.4 Å².